The highest BCUT2D eigenvalue weighted by molar-refractivity contribution is 5.94. The van der Waals surface area contributed by atoms with Crippen LogP contribution in [0.2, 0.25) is 0 Å². The van der Waals surface area contributed by atoms with Crippen molar-refractivity contribution in [2.24, 2.45) is 0 Å². The van der Waals surface area contributed by atoms with Crippen molar-refractivity contribution in [1.29, 1.82) is 0 Å². The van der Waals surface area contributed by atoms with Gasteiger partial charge in [0.1, 0.15) is 17.1 Å². The Morgan fingerprint density at radius 1 is 1.02 bits per heavy atom. The zero-order valence-electron chi connectivity index (χ0n) is 21.2. The van der Waals surface area contributed by atoms with Crippen molar-refractivity contribution in [3.8, 4) is 5.75 Å². The molecule has 0 aromatic heterocycles. The van der Waals surface area contributed by atoms with Gasteiger partial charge in [0.15, 0.2) is 0 Å². The standard InChI is InChI=1S/C23H24F4N4O3.C2HF3O2/c24-17-2-1-3-18(14-17)31-15-29-21(33)22(31)8-11-30(12-9-22)13-10-28-20(32)16-4-6-19(7-5-16)34-23(25,26)27;3-2(4,5)1(6)7/h1-7,14H,8-13,15H2,(H,28,32)(H,29,33);(H,6,7). The van der Waals surface area contributed by atoms with E-state index in [1.165, 1.54) is 24.3 Å². The third kappa shape index (κ3) is 8.45. The van der Waals surface area contributed by atoms with E-state index in [1.807, 2.05) is 4.90 Å². The van der Waals surface area contributed by atoms with Gasteiger partial charge in [-0.15, -0.1) is 13.2 Å². The molecule has 3 N–H and O–H groups in total. The molecule has 9 nitrogen and oxygen atoms in total. The number of carboxylic acid groups (broad SMARTS) is 1. The van der Waals surface area contributed by atoms with Crippen LogP contribution in [0.25, 0.3) is 0 Å². The van der Waals surface area contributed by atoms with Gasteiger partial charge in [-0.1, -0.05) is 6.07 Å². The number of alkyl halides is 6. The second-order valence-corrected chi connectivity index (χ2v) is 9.08. The quantitative estimate of drug-likeness (QED) is 0.439. The van der Waals surface area contributed by atoms with Gasteiger partial charge in [0.2, 0.25) is 5.91 Å². The number of nitrogens with one attached hydrogen (secondary N) is 2. The number of anilines is 1. The van der Waals surface area contributed by atoms with E-state index < -0.39 is 35.7 Å². The first kappa shape index (κ1) is 31.4. The molecule has 0 bridgehead atoms. The van der Waals surface area contributed by atoms with E-state index >= 15 is 0 Å². The number of carbonyl (C=O) groups is 3. The number of likely N-dealkylation sites (tertiary alicyclic amines) is 1. The van der Waals surface area contributed by atoms with Crippen LogP contribution in [0.1, 0.15) is 23.2 Å². The molecule has 0 saturated carbocycles. The Hall–Kier alpha value is -4.08. The second kappa shape index (κ2) is 12.6. The number of aliphatic carboxylic acids is 1. The molecular formula is C25H25F7N4O5. The van der Waals surface area contributed by atoms with Crippen molar-refractivity contribution in [1.82, 2.24) is 15.5 Å². The van der Waals surface area contributed by atoms with Crippen molar-refractivity contribution in [3.05, 3.63) is 59.9 Å². The van der Waals surface area contributed by atoms with Crippen LogP contribution in [0.3, 0.4) is 0 Å². The Kier molecular flexibility index (Phi) is 9.68. The summed E-state index contributed by atoms with van der Waals surface area (Å²) in [6.45, 7) is 2.47. The van der Waals surface area contributed by atoms with Crippen molar-refractivity contribution in [3.63, 3.8) is 0 Å². The molecule has 1 spiro atoms. The molecule has 2 amide bonds. The SMILES string of the molecule is O=C(NCCN1CCC2(CC1)C(=O)NCN2c1cccc(F)c1)c1ccc(OC(F)(F)F)cc1.O=C(O)C(F)(F)F. The van der Waals surface area contributed by atoms with E-state index in [2.05, 4.69) is 20.3 Å². The largest absolute Gasteiger partial charge is 0.573 e. The van der Waals surface area contributed by atoms with Gasteiger partial charge < -0.3 is 30.3 Å². The number of halogens is 7. The number of rotatable bonds is 6. The third-order valence-corrected chi connectivity index (χ3v) is 6.45. The predicted octanol–water partition coefficient (Wildman–Crippen LogP) is 3.52. The van der Waals surface area contributed by atoms with Gasteiger partial charge >= 0.3 is 18.5 Å². The fourth-order valence-corrected chi connectivity index (χ4v) is 4.45. The van der Waals surface area contributed by atoms with Crippen molar-refractivity contribution in [2.75, 3.05) is 37.7 Å². The summed E-state index contributed by atoms with van der Waals surface area (Å²) in [6, 6.07) is 10.9. The zero-order valence-corrected chi connectivity index (χ0v) is 21.2. The summed E-state index contributed by atoms with van der Waals surface area (Å²) in [6.07, 6.45) is -8.75. The number of hydrogen-bond donors (Lipinski definition) is 3. The van der Waals surface area contributed by atoms with Gasteiger partial charge in [-0.05, 0) is 55.3 Å². The van der Waals surface area contributed by atoms with Gasteiger partial charge in [-0.3, -0.25) is 9.59 Å². The second-order valence-electron chi connectivity index (χ2n) is 9.08. The average molecular weight is 594 g/mol. The van der Waals surface area contributed by atoms with E-state index in [1.54, 1.807) is 12.1 Å². The van der Waals surface area contributed by atoms with Crippen LogP contribution in [0.4, 0.5) is 36.4 Å². The van der Waals surface area contributed by atoms with Crippen molar-refractivity contribution < 1.29 is 55.0 Å². The molecule has 4 rings (SSSR count). The number of ether oxygens (including phenoxy) is 1. The molecule has 0 atom stereocenters. The van der Waals surface area contributed by atoms with E-state index in [4.69, 9.17) is 9.90 Å². The maximum Gasteiger partial charge on any atom is 0.573 e. The molecule has 2 aliphatic heterocycles. The molecule has 2 aromatic carbocycles. The minimum atomic E-state index is -5.08. The predicted molar refractivity (Wildman–Crippen MR) is 129 cm³/mol. The van der Waals surface area contributed by atoms with Gasteiger partial charge in [0.25, 0.3) is 5.91 Å². The Balaban J connectivity index is 0.000000587. The van der Waals surface area contributed by atoms with Crippen LogP contribution in [0.5, 0.6) is 5.75 Å². The lowest BCUT2D eigenvalue weighted by Crippen LogP contribution is -2.57. The third-order valence-electron chi connectivity index (χ3n) is 6.45. The minimum Gasteiger partial charge on any atom is -0.475 e. The monoisotopic (exact) mass is 594 g/mol. The smallest absolute Gasteiger partial charge is 0.475 e. The Bertz CT molecular complexity index is 1230. The van der Waals surface area contributed by atoms with Crippen LogP contribution in [0, 0.1) is 5.82 Å². The molecule has 2 aromatic rings. The fraction of sp³-hybridized carbons (Fsp3) is 0.400. The van der Waals surface area contributed by atoms with Gasteiger partial charge in [0.05, 0.1) is 6.67 Å². The Morgan fingerprint density at radius 3 is 2.17 bits per heavy atom. The molecule has 2 heterocycles. The lowest BCUT2D eigenvalue weighted by atomic mass is 9.85. The highest BCUT2D eigenvalue weighted by Gasteiger charge is 2.50. The van der Waals surface area contributed by atoms with Gasteiger partial charge in [-0.2, -0.15) is 13.2 Å². The lowest BCUT2D eigenvalue weighted by molar-refractivity contribution is -0.274. The number of hydrogen-bond acceptors (Lipinski definition) is 6. The number of carbonyl (C=O) groups excluding carboxylic acids is 2. The summed E-state index contributed by atoms with van der Waals surface area (Å²) < 4.78 is 86.0. The highest BCUT2D eigenvalue weighted by Crippen LogP contribution is 2.36. The molecule has 0 radical (unpaired) electrons. The topological polar surface area (TPSA) is 111 Å². The number of carboxylic acids is 1. The van der Waals surface area contributed by atoms with Gasteiger partial charge in [0, 0.05) is 37.4 Å². The van der Waals surface area contributed by atoms with Crippen LogP contribution >= 0.6 is 0 Å². The molecule has 2 saturated heterocycles. The van der Waals surface area contributed by atoms with E-state index in [0.717, 1.165) is 12.1 Å². The maximum atomic E-state index is 13.7. The van der Waals surface area contributed by atoms with Gasteiger partial charge in [-0.25, -0.2) is 9.18 Å². The number of nitrogens with zero attached hydrogens (tertiary/aromatic N) is 2. The average Bonchev–Trinajstić information content (AvgIpc) is 3.19. The molecule has 224 valence electrons. The summed E-state index contributed by atoms with van der Waals surface area (Å²) in [7, 11) is 0. The van der Waals surface area contributed by atoms with E-state index in [9.17, 15) is 40.3 Å². The van der Waals surface area contributed by atoms with Crippen molar-refractivity contribution >= 4 is 23.5 Å². The van der Waals surface area contributed by atoms with Crippen LogP contribution in [-0.2, 0) is 9.59 Å². The molecule has 0 unspecified atom stereocenters. The number of piperidine rings is 1. The van der Waals surface area contributed by atoms with Crippen LogP contribution in [0.15, 0.2) is 48.5 Å². The summed E-state index contributed by atoms with van der Waals surface area (Å²) in [5.41, 5.74) is 0.152. The lowest BCUT2D eigenvalue weighted by Gasteiger charge is -2.43. The first-order valence-electron chi connectivity index (χ1n) is 12.1. The molecular weight excluding hydrogens is 569 g/mol. The number of amides is 2. The summed E-state index contributed by atoms with van der Waals surface area (Å²) in [5, 5.41) is 12.7. The fourth-order valence-electron chi connectivity index (χ4n) is 4.45. The molecule has 16 heteroatoms. The summed E-state index contributed by atoms with van der Waals surface area (Å²) >= 11 is 0. The van der Waals surface area contributed by atoms with Crippen molar-refractivity contribution in [2.45, 2.75) is 30.9 Å². The van der Waals surface area contributed by atoms with E-state index in [-0.39, 0.29) is 17.3 Å². The highest BCUT2D eigenvalue weighted by atomic mass is 19.4. The minimum absolute atomic E-state index is 0.0670. The Morgan fingerprint density at radius 2 is 1.63 bits per heavy atom. The number of benzene rings is 2. The molecule has 41 heavy (non-hydrogen) atoms. The van der Waals surface area contributed by atoms with Crippen LogP contribution in [-0.4, -0.2) is 78.7 Å². The zero-order chi connectivity index (χ0) is 30.4. The first-order valence-corrected chi connectivity index (χ1v) is 12.1. The van der Waals surface area contributed by atoms with E-state index in [0.29, 0.717) is 51.4 Å². The summed E-state index contributed by atoms with van der Waals surface area (Å²) in [5.74, 6) is -3.98. The Labute approximate surface area is 228 Å². The maximum absolute atomic E-state index is 13.7. The molecule has 2 aliphatic rings. The first-order chi connectivity index (χ1) is 19.1. The molecule has 0 aliphatic carbocycles. The summed E-state index contributed by atoms with van der Waals surface area (Å²) in [4.78, 5) is 37.9. The van der Waals surface area contributed by atoms with Crippen LogP contribution < -0.4 is 20.3 Å². The normalized spacial score (nSPS) is 17.0. The molecule has 2 fully saturated rings.